The molecule has 0 bridgehead atoms. The van der Waals surface area contributed by atoms with Gasteiger partial charge in [0.15, 0.2) is 0 Å². The first-order chi connectivity index (χ1) is 6.24. The Bertz CT molecular complexity index is 197. The van der Waals surface area contributed by atoms with Crippen molar-refractivity contribution in [1.29, 1.82) is 0 Å². The summed E-state index contributed by atoms with van der Waals surface area (Å²) in [6, 6.07) is 0.294. The first-order valence-corrected chi connectivity index (χ1v) is 5.07. The molecule has 0 aromatic rings. The van der Waals surface area contributed by atoms with Gasteiger partial charge in [0.2, 0.25) is 5.78 Å². The van der Waals surface area contributed by atoms with Crippen LogP contribution in [0.2, 0.25) is 0 Å². The van der Waals surface area contributed by atoms with Crippen LogP contribution < -0.4 is 5.32 Å². The second-order valence-electron chi connectivity index (χ2n) is 3.63. The van der Waals surface area contributed by atoms with E-state index >= 15 is 0 Å². The quantitative estimate of drug-likeness (QED) is 0.500. The van der Waals surface area contributed by atoms with Gasteiger partial charge in [-0.1, -0.05) is 19.8 Å². The van der Waals surface area contributed by atoms with Crippen LogP contribution in [0, 0.1) is 0 Å². The standard InChI is InChI=1S/C10H17NO2/c1-2-3-4-5-9(12)10(13)11-8-6-7-8/h8H,2-7H2,1H3,(H,11,13). The third kappa shape index (κ3) is 4.06. The molecule has 0 aliphatic heterocycles. The molecule has 0 saturated heterocycles. The zero-order valence-corrected chi connectivity index (χ0v) is 8.14. The summed E-state index contributed by atoms with van der Waals surface area (Å²) in [6.07, 6.45) is 5.43. The maximum Gasteiger partial charge on any atom is 0.287 e. The maximum atomic E-state index is 11.2. The molecule has 1 rings (SSSR count). The van der Waals surface area contributed by atoms with Gasteiger partial charge < -0.3 is 5.32 Å². The fourth-order valence-corrected chi connectivity index (χ4v) is 1.14. The Morgan fingerprint density at radius 3 is 2.54 bits per heavy atom. The molecule has 0 aromatic heterocycles. The summed E-state index contributed by atoms with van der Waals surface area (Å²) < 4.78 is 0. The number of amides is 1. The van der Waals surface area contributed by atoms with Crippen LogP contribution in [-0.4, -0.2) is 17.7 Å². The fourth-order valence-electron chi connectivity index (χ4n) is 1.14. The summed E-state index contributed by atoms with van der Waals surface area (Å²) in [6.45, 7) is 2.08. The van der Waals surface area contributed by atoms with Gasteiger partial charge in [0, 0.05) is 12.5 Å². The maximum absolute atomic E-state index is 11.2. The molecule has 1 N–H and O–H groups in total. The van der Waals surface area contributed by atoms with E-state index in [1.165, 1.54) is 0 Å². The highest BCUT2D eigenvalue weighted by molar-refractivity contribution is 6.36. The number of carbonyl (C=O) groups excluding carboxylic acids is 2. The van der Waals surface area contributed by atoms with Crippen LogP contribution in [0.1, 0.15) is 45.4 Å². The topological polar surface area (TPSA) is 46.2 Å². The Morgan fingerprint density at radius 1 is 1.31 bits per heavy atom. The number of unbranched alkanes of at least 4 members (excludes halogenated alkanes) is 2. The molecule has 0 aromatic carbocycles. The molecule has 0 radical (unpaired) electrons. The lowest BCUT2D eigenvalue weighted by molar-refractivity contribution is -0.138. The van der Waals surface area contributed by atoms with E-state index < -0.39 is 0 Å². The van der Waals surface area contributed by atoms with Gasteiger partial charge in [-0.3, -0.25) is 9.59 Å². The van der Waals surface area contributed by atoms with E-state index in [4.69, 9.17) is 0 Å². The Kier molecular flexibility index (Phi) is 3.93. The Hall–Kier alpha value is -0.860. The van der Waals surface area contributed by atoms with E-state index in [-0.39, 0.29) is 11.7 Å². The lowest BCUT2D eigenvalue weighted by Gasteiger charge is -2.01. The highest BCUT2D eigenvalue weighted by Crippen LogP contribution is 2.18. The average molecular weight is 183 g/mol. The minimum absolute atomic E-state index is 0.250. The Balaban J connectivity index is 2.09. The molecule has 0 heterocycles. The molecule has 13 heavy (non-hydrogen) atoms. The van der Waals surface area contributed by atoms with Crippen molar-refractivity contribution in [2.24, 2.45) is 0 Å². The average Bonchev–Trinajstić information content (AvgIpc) is 2.88. The van der Waals surface area contributed by atoms with Gasteiger partial charge in [-0.05, 0) is 19.3 Å². The molecule has 1 fully saturated rings. The van der Waals surface area contributed by atoms with Crippen molar-refractivity contribution in [2.45, 2.75) is 51.5 Å². The second kappa shape index (κ2) is 5.00. The first kappa shape index (κ1) is 10.2. The molecule has 0 spiro atoms. The SMILES string of the molecule is CCCCCC(=O)C(=O)NC1CC1. The predicted molar refractivity (Wildman–Crippen MR) is 50.3 cm³/mol. The summed E-state index contributed by atoms with van der Waals surface area (Å²) in [5.41, 5.74) is 0. The van der Waals surface area contributed by atoms with Gasteiger partial charge in [-0.2, -0.15) is 0 Å². The zero-order valence-electron chi connectivity index (χ0n) is 8.14. The molecule has 0 unspecified atom stereocenters. The summed E-state index contributed by atoms with van der Waals surface area (Å²) in [5.74, 6) is -0.626. The molecule has 1 aliphatic rings. The Labute approximate surface area is 78.9 Å². The van der Waals surface area contributed by atoms with E-state index in [9.17, 15) is 9.59 Å². The molecular weight excluding hydrogens is 166 g/mol. The number of carbonyl (C=O) groups is 2. The van der Waals surface area contributed by atoms with Crippen LogP contribution in [0.4, 0.5) is 0 Å². The number of Topliss-reactive ketones (excluding diaryl/α,β-unsaturated/α-hetero) is 1. The smallest absolute Gasteiger partial charge is 0.287 e. The van der Waals surface area contributed by atoms with E-state index in [1.54, 1.807) is 0 Å². The van der Waals surface area contributed by atoms with E-state index in [0.717, 1.165) is 32.1 Å². The van der Waals surface area contributed by atoms with Crippen LogP contribution in [0.15, 0.2) is 0 Å². The molecule has 1 saturated carbocycles. The van der Waals surface area contributed by atoms with Crippen LogP contribution in [0.25, 0.3) is 0 Å². The lowest BCUT2D eigenvalue weighted by atomic mass is 10.1. The van der Waals surface area contributed by atoms with Crippen LogP contribution in [-0.2, 0) is 9.59 Å². The van der Waals surface area contributed by atoms with E-state index in [1.807, 2.05) is 0 Å². The van der Waals surface area contributed by atoms with Gasteiger partial charge in [0.05, 0.1) is 0 Å². The van der Waals surface area contributed by atoms with Crippen molar-refractivity contribution < 1.29 is 9.59 Å². The molecule has 3 heteroatoms. The number of nitrogens with one attached hydrogen (secondary N) is 1. The molecular formula is C10H17NO2. The largest absolute Gasteiger partial charge is 0.347 e. The predicted octanol–water partition coefficient (Wildman–Crippen LogP) is 1.41. The van der Waals surface area contributed by atoms with Crippen molar-refractivity contribution in [3.8, 4) is 0 Å². The van der Waals surface area contributed by atoms with E-state index in [2.05, 4.69) is 12.2 Å². The van der Waals surface area contributed by atoms with Crippen LogP contribution >= 0.6 is 0 Å². The zero-order chi connectivity index (χ0) is 9.68. The minimum Gasteiger partial charge on any atom is -0.347 e. The van der Waals surface area contributed by atoms with Gasteiger partial charge in [0.1, 0.15) is 0 Å². The van der Waals surface area contributed by atoms with Crippen molar-refractivity contribution in [2.75, 3.05) is 0 Å². The van der Waals surface area contributed by atoms with Crippen molar-refractivity contribution in [1.82, 2.24) is 5.32 Å². The fraction of sp³-hybridized carbons (Fsp3) is 0.800. The van der Waals surface area contributed by atoms with Crippen LogP contribution in [0.5, 0.6) is 0 Å². The highest BCUT2D eigenvalue weighted by atomic mass is 16.2. The minimum atomic E-state index is -0.376. The molecule has 1 aliphatic carbocycles. The Morgan fingerprint density at radius 2 is 2.00 bits per heavy atom. The second-order valence-corrected chi connectivity index (χ2v) is 3.63. The third-order valence-electron chi connectivity index (χ3n) is 2.17. The summed E-state index contributed by atoms with van der Waals surface area (Å²) >= 11 is 0. The number of ketones is 1. The summed E-state index contributed by atoms with van der Waals surface area (Å²) in [5, 5.41) is 2.69. The summed E-state index contributed by atoms with van der Waals surface area (Å²) in [7, 11) is 0. The van der Waals surface area contributed by atoms with Gasteiger partial charge >= 0.3 is 0 Å². The number of rotatable bonds is 6. The molecule has 3 nitrogen and oxygen atoms in total. The normalized spacial score (nSPS) is 15.5. The van der Waals surface area contributed by atoms with Gasteiger partial charge in [-0.25, -0.2) is 0 Å². The summed E-state index contributed by atoms with van der Waals surface area (Å²) in [4.78, 5) is 22.3. The van der Waals surface area contributed by atoms with Crippen molar-refractivity contribution in [3.63, 3.8) is 0 Å². The number of hydrogen-bond donors (Lipinski definition) is 1. The first-order valence-electron chi connectivity index (χ1n) is 5.07. The molecule has 0 atom stereocenters. The molecule has 74 valence electrons. The molecule has 1 amide bonds. The number of hydrogen-bond acceptors (Lipinski definition) is 2. The monoisotopic (exact) mass is 183 g/mol. The van der Waals surface area contributed by atoms with E-state index in [0.29, 0.717) is 12.5 Å². The lowest BCUT2D eigenvalue weighted by Crippen LogP contribution is -2.32. The highest BCUT2D eigenvalue weighted by Gasteiger charge is 2.25. The van der Waals surface area contributed by atoms with Gasteiger partial charge in [0.25, 0.3) is 5.91 Å². The third-order valence-corrected chi connectivity index (χ3v) is 2.17. The van der Waals surface area contributed by atoms with Crippen molar-refractivity contribution >= 4 is 11.7 Å². The van der Waals surface area contributed by atoms with Crippen molar-refractivity contribution in [3.05, 3.63) is 0 Å². The van der Waals surface area contributed by atoms with Gasteiger partial charge in [-0.15, -0.1) is 0 Å². The van der Waals surface area contributed by atoms with Crippen LogP contribution in [0.3, 0.4) is 0 Å².